The Hall–Kier alpha value is -2.31. The van der Waals surface area contributed by atoms with Gasteiger partial charge in [0, 0.05) is 37.8 Å². The molecule has 1 aliphatic heterocycles. The number of nitrogens with zero attached hydrogens (tertiary/aromatic N) is 5. The fraction of sp³-hybridized carbons (Fsp3) is 0.588. The summed E-state index contributed by atoms with van der Waals surface area (Å²) in [6.07, 6.45) is 8.69. The molecule has 0 saturated carbocycles. The minimum absolute atomic E-state index is 0.0641. The van der Waals surface area contributed by atoms with E-state index in [0.717, 1.165) is 38.8 Å². The van der Waals surface area contributed by atoms with Crippen molar-refractivity contribution in [1.29, 1.82) is 0 Å². The van der Waals surface area contributed by atoms with Gasteiger partial charge in [-0.15, -0.1) is 10.2 Å². The maximum absolute atomic E-state index is 12.2. The van der Waals surface area contributed by atoms with E-state index in [9.17, 15) is 4.79 Å². The summed E-state index contributed by atoms with van der Waals surface area (Å²) < 4.78 is 5.67. The second-order valence-corrected chi connectivity index (χ2v) is 6.58. The van der Waals surface area contributed by atoms with Gasteiger partial charge in [-0.05, 0) is 25.2 Å². The molecule has 24 heavy (non-hydrogen) atoms. The van der Waals surface area contributed by atoms with Crippen LogP contribution in [0.2, 0.25) is 0 Å². The van der Waals surface area contributed by atoms with Crippen molar-refractivity contribution in [2.45, 2.75) is 39.5 Å². The molecule has 1 saturated heterocycles. The van der Waals surface area contributed by atoms with Crippen LogP contribution in [0.25, 0.3) is 11.6 Å². The number of hydrogen-bond acceptors (Lipinski definition) is 6. The molecule has 0 aromatic carbocycles. The van der Waals surface area contributed by atoms with E-state index in [0.29, 0.717) is 23.4 Å². The van der Waals surface area contributed by atoms with Gasteiger partial charge in [0.25, 0.3) is 5.89 Å². The average Bonchev–Trinajstić information content (AvgIpc) is 3.09. The minimum atomic E-state index is 0.0641. The molecule has 128 valence electrons. The molecule has 1 aliphatic rings. The lowest BCUT2D eigenvalue weighted by Gasteiger charge is -2.33. The van der Waals surface area contributed by atoms with Crippen LogP contribution in [-0.2, 0) is 11.2 Å². The minimum Gasteiger partial charge on any atom is -0.419 e. The van der Waals surface area contributed by atoms with Crippen molar-refractivity contribution in [3.05, 3.63) is 24.5 Å². The lowest BCUT2D eigenvalue weighted by Crippen LogP contribution is -2.42. The molecule has 0 bridgehead atoms. The molecule has 1 fully saturated rings. The van der Waals surface area contributed by atoms with E-state index in [1.165, 1.54) is 0 Å². The molecule has 1 amide bonds. The van der Waals surface area contributed by atoms with Crippen molar-refractivity contribution in [3.63, 3.8) is 0 Å². The number of carbonyl (C=O) groups excluding carboxylic acids is 1. The van der Waals surface area contributed by atoms with Gasteiger partial charge in [-0.3, -0.25) is 9.78 Å². The standard InChI is InChI=1S/C17H23N5O2/c1-12(2)17(23)22-9-3-4-13(11-22)5-6-15-20-21-16(24-15)14-10-18-7-8-19-14/h7-8,10,12-13H,3-6,9,11H2,1-2H3. The maximum Gasteiger partial charge on any atom is 0.267 e. The number of carbonyl (C=O) groups is 1. The third-order valence-corrected chi connectivity index (χ3v) is 4.34. The number of aromatic nitrogens is 4. The highest BCUT2D eigenvalue weighted by Gasteiger charge is 2.25. The average molecular weight is 329 g/mol. The third kappa shape index (κ3) is 3.96. The van der Waals surface area contributed by atoms with Gasteiger partial charge >= 0.3 is 0 Å². The van der Waals surface area contributed by atoms with Gasteiger partial charge in [0.2, 0.25) is 11.8 Å². The highest BCUT2D eigenvalue weighted by Crippen LogP contribution is 2.23. The molecule has 0 radical (unpaired) electrons. The number of likely N-dealkylation sites (tertiary alicyclic amines) is 1. The van der Waals surface area contributed by atoms with E-state index in [1.54, 1.807) is 18.6 Å². The Morgan fingerprint density at radius 2 is 2.25 bits per heavy atom. The van der Waals surface area contributed by atoms with Crippen LogP contribution in [0.15, 0.2) is 23.0 Å². The molecule has 0 aliphatic carbocycles. The predicted octanol–water partition coefficient (Wildman–Crippen LogP) is 2.35. The first-order valence-corrected chi connectivity index (χ1v) is 8.51. The molecular formula is C17H23N5O2. The number of aryl methyl sites for hydroxylation is 1. The maximum atomic E-state index is 12.2. The normalized spacial score (nSPS) is 18.1. The Bertz CT molecular complexity index is 671. The summed E-state index contributed by atoms with van der Waals surface area (Å²) in [5.74, 6) is 1.83. The number of hydrogen-bond donors (Lipinski definition) is 0. The van der Waals surface area contributed by atoms with Crippen LogP contribution in [0.5, 0.6) is 0 Å². The van der Waals surface area contributed by atoms with Gasteiger partial charge in [0.05, 0.1) is 6.20 Å². The highest BCUT2D eigenvalue weighted by atomic mass is 16.4. The van der Waals surface area contributed by atoms with Crippen LogP contribution < -0.4 is 0 Å². The second kappa shape index (κ2) is 7.51. The highest BCUT2D eigenvalue weighted by molar-refractivity contribution is 5.78. The molecular weight excluding hydrogens is 306 g/mol. The monoisotopic (exact) mass is 329 g/mol. The summed E-state index contributed by atoms with van der Waals surface area (Å²) in [5, 5.41) is 8.13. The van der Waals surface area contributed by atoms with E-state index in [-0.39, 0.29) is 11.8 Å². The topological polar surface area (TPSA) is 85.0 Å². The zero-order chi connectivity index (χ0) is 16.9. The van der Waals surface area contributed by atoms with Crippen LogP contribution in [0.4, 0.5) is 0 Å². The summed E-state index contributed by atoms with van der Waals surface area (Å²) in [5.41, 5.74) is 0.586. The van der Waals surface area contributed by atoms with Gasteiger partial charge < -0.3 is 9.32 Å². The second-order valence-electron chi connectivity index (χ2n) is 6.58. The van der Waals surface area contributed by atoms with Crippen molar-refractivity contribution in [1.82, 2.24) is 25.1 Å². The van der Waals surface area contributed by atoms with Crippen LogP contribution >= 0.6 is 0 Å². The van der Waals surface area contributed by atoms with Crippen molar-refractivity contribution in [2.24, 2.45) is 11.8 Å². The Balaban J connectivity index is 1.54. The molecule has 2 aromatic rings. The third-order valence-electron chi connectivity index (χ3n) is 4.34. The molecule has 3 rings (SSSR count). The van der Waals surface area contributed by atoms with Gasteiger partial charge in [0.15, 0.2) is 0 Å². The SMILES string of the molecule is CC(C)C(=O)N1CCCC(CCc2nnc(-c3cnccn3)o2)C1. The van der Waals surface area contributed by atoms with E-state index in [1.807, 2.05) is 18.7 Å². The first-order chi connectivity index (χ1) is 11.6. The fourth-order valence-electron chi connectivity index (χ4n) is 3.06. The largest absolute Gasteiger partial charge is 0.419 e. The first-order valence-electron chi connectivity index (χ1n) is 8.51. The molecule has 3 heterocycles. The van der Waals surface area contributed by atoms with Crippen molar-refractivity contribution in [3.8, 4) is 11.6 Å². The Kier molecular flexibility index (Phi) is 5.17. The predicted molar refractivity (Wildman–Crippen MR) is 87.8 cm³/mol. The summed E-state index contributed by atoms with van der Waals surface area (Å²) in [6.45, 7) is 5.63. The van der Waals surface area contributed by atoms with E-state index in [4.69, 9.17) is 4.42 Å². The quantitative estimate of drug-likeness (QED) is 0.837. The summed E-state index contributed by atoms with van der Waals surface area (Å²) in [7, 11) is 0. The zero-order valence-electron chi connectivity index (χ0n) is 14.2. The zero-order valence-corrected chi connectivity index (χ0v) is 14.2. The Morgan fingerprint density at radius 3 is 3.00 bits per heavy atom. The fourth-order valence-corrected chi connectivity index (χ4v) is 3.06. The first kappa shape index (κ1) is 16.5. The van der Waals surface area contributed by atoms with Crippen molar-refractivity contribution in [2.75, 3.05) is 13.1 Å². The number of amides is 1. The lowest BCUT2D eigenvalue weighted by atomic mass is 9.92. The molecule has 2 aromatic heterocycles. The molecule has 0 N–H and O–H groups in total. The van der Waals surface area contributed by atoms with Crippen molar-refractivity contribution < 1.29 is 9.21 Å². The molecule has 1 unspecified atom stereocenters. The smallest absolute Gasteiger partial charge is 0.267 e. The van der Waals surface area contributed by atoms with Crippen LogP contribution in [-0.4, -0.2) is 44.1 Å². The van der Waals surface area contributed by atoms with E-state index in [2.05, 4.69) is 20.2 Å². The van der Waals surface area contributed by atoms with E-state index < -0.39 is 0 Å². The van der Waals surface area contributed by atoms with E-state index >= 15 is 0 Å². The molecule has 0 spiro atoms. The van der Waals surface area contributed by atoms with Crippen molar-refractivity contribution >= 4 is 5.91 Å². The Labute approximate surface area is 141 Å². The van der Waals surface area contributed by atoms with Gasteiger partial charge in [-0.2, -0.15) is 0 Å². The Morgan fingerprint density at radius 1 is 1.38 bits per heavy atom. The molecule has 7 heteroatoms. The van der Waals surface area contributed by atoms with Crippen LogP contribution in [0.1, 0.15) is 39.0 Å². The summed E-state index contributed by atoms with van der Waals surface area (Å²) in [4.78, 5) is 22.3. The van der Waals surface area contributed by atoms with Gasteiger partial charge in [-0.1, -0.05) is 13.8 Å². The lowest BCUT2D eigenvalue weighted by molar-refractivity contribution is -0.136. The van der Waals surface area contributed by atoms with Crippen LogP contribution in [0, 0.1) is 11.8 Å². The molecule has 7 nitrogen and oxygen atoms in total. The molecule has 1 atom stereocenters. The van der Waals surface area contributed by atoms with Gasteiger partial charge in [-0.25, -0.2) is 4.98 Å². The summed E-state index contributed by atoms with van der Waals surface area (Å²) in [6, 6.07) is 0. The van der Waals surface area contributed by atoms with Gasteiger partial charge in [0.1, 0.15) is 5.69 Å². The summed E-state index contributed by atoms with van der Waals surface area (Å²) >= 11 is 0. The van der Waals surface area contributed by atoms with Crippen LogP contribution in [0.3, 0.4) is 0 Å². The number of piperidine rings is 1. The number of rotatable bonds is 5.